The maximum Gasteiger partial charge on any atom is 0.354 e. The Kier molecular flexibility index (Phi) is 9.05. The van der Waals surface area contributed by atoms with Crippen LogP contribution in [0.1, 0.15) is 32.4 Å². The number of ether oxygens (including phenoxy) is 2. The average Bonchev–Trinajstić information content (AvgIpc) is 2.77. The number of pyridine rings is 2. The first-order valence-corrected chi connectivity index (χ1v) is 10.5. The molecule has 32 heavy (non-hydrogen) atoms. The fraction of sp³-hybridized carbons (Fsp3) is 0.455. The van der Waals surface area contributed by atoms with Crippen LogP contribution in [0, 0.1) is 0 Å². The van der Waals surface area contributed by atoms with Crippen LogP contribution in [0.25, 0.3) is 0 Å². The van der Waals surface area contributed by atoms with E-state index in [0.29, 0.717) is 77.1 Å². The fourth-order valence-corrected chi connectivity index (χ4v) is 3.35. The predicted molar refractivity (Wildman–Crippen MR) is 115 cm³/mol. The molecule has 1 fully saturated rings. The van der Waals surface area contributed by atoms with Crippen LogP contribution in [0.3, 0.4) is 0 Å². The molecule has 0 aromatic carbocycles. The minimum atomic E-state index is -1.04. The Morgan fingerprint density at radius 1 is 0.719 bits per heavy atom. The average molecular weight is 444 g/mol. The van der Waals surface area contributed by atoms with Gasteiger partial charge in [-0.1, -0.05) is 12.1 Å². The molecule has 1 aliphatic heterocycles. The van der Waals surface area contributed by atoms with E-state index in [1.54, 1.807) is 12.1 Å². The van der Waals surface area contributed by atoms with Crippen molar-refractivity contribution in [2.45, 2.75) is 13.1 Å². The number of carbonyl (C=O) groups is 2. The smallest absolute Gasteiger partial charge is 0.354 e. The van der Waals surface area contributed by atoms with E-state index in [9.17, 15) is 9.59 Å². The minimum absolute atomic E-state index is 0.0350. The second-order valence-corrected chi connectivity index (χ2v) is 7.42. The molecule has 172 valence electrons. The topological polar surface area (TPSA) is 125 Å². The van der Waals surface area contributed by atoms with Gasteiger partial charge in [-0.3, -0.25) is 9.80 Å². The van der Waals surface area contributed by atoms with Crippen molar-refractivity contribution in [3.8, 4) is 0 Å². The molecule has 0 amide bonds. The van der Waals surface area contributed by atoms with E-state index in [1.807, 2.05) is 12.1 Å². The Labute approximate surface area is 186 Å². The molecule has 0 aliphatic carbocycles. The number of nitrogens with zero attached hydrogens (tertiary/aromatic N) is 4. The third-order valence-corrected chi connectivity index (χ3v) is 5.03. The molecule has 0 unspecified atom stereocenters. The fourth-order valence-electron chi connectivity index (χ4n) is 3.35. The molecule has 0 radical (unpaired) electrons. The van der Waals surface area contributed by atoms with Gasteiger partial charge < -0.3 is 19.7 Å². The summed E-state index contributed by atoms with van der Waals surface area (Å²) in [5, 5.41) is 18.3. The van der Waals surface area contributed by atoms with Gasteiger partial charge in [-0.15, -0.1) is 0 Å². The molecule has 2 aromatic heterocycles. The number of carboxylic acids is 2. The van der Waals surface area contributed by atoms with E-state index < -0.39 is 11.9 Å². The van der Waals surface area contributed by atoms with Gasteiger partial charge in [0.1, 0.15) is 11.4 Å². The van der Waals surface area contributed by atoms with Gasteiger partial charge in [0.15, 0.2) is 0 Å². The highest BCUT2D eigenvalue weighted by atomic mass is 16.5. The first-order chi connectivity index (χ1) is 15.5. The van der Waals surface area contributed by atoms with E-state index in [2.05, 4.69) is 19.8 Å². The number of carboxylic acid groups (broad SMARTS) is 2. The molecule has 1 aliphatic rings. The molecule has 2 N–H and O–H groups in total. The third-order valence-electron chi connectivity index (χ3n) is 5.03. The van der Waals surface area contributed by atoms with E-state index in [4.69, 9.17) is 19.7 Å². The van der Waals surface area contributed by atoms with Crippen molar-refractivity contribution in [3.63, 3.8) is 0 Å². The van der Waals surface area contributed by atoms with Crippen molar-refractivity contribution in [1.29, 1.82) is 0 Å². The summed E-state index contributed by atoms with van der Waals surface area (Å²) in [5.74, 6) is -2.08. The van der Waals surface area contributed by atoms with Crippen molar-refractivity contribution in [3.05, 3.63) is 59.2 Å². The third kappa shape index (κ3) is 7.65. The summed E-state index contributed by atoms with van der Waals surface area (Å²) in [6.07, 6.45) is 0. The summed E-state index contributed by atoms with van der Waals surface area (Å²) in [6, 6.07) is 9.99. The van der Waals surface area contributed by atoms with Crippen molar-refractivity contribution >= 4 is 11.9 Å². The number of rotatable bonds is 6. The zero-order valence-electron chi connectivity index (χ0n) is 17.9. The molecular formula is C22H28N4O6. The summed E-state index contributed by atoms with van der Waals surface area (Å²) in [5.41, 5.74) is 1.46. The van der Waals surface area contributed by atoms with E-state index in [1.165, 1.54) is 12.1 Å². The van der Waals surface area contributed by atoms with Crippen molar-refractivity contribution in [1.82, 2.24) is 19.8 Å². The van der Waals surface area contributed by atoms with E-state index in [-0.39, 0.29) is 11.4 Å². The molecule has 0 saturated carbocycles. The maximum atomic E-state index is 11.1. The molecule has 3 heterocycles. The van der Waals surface area contributed by atoms with Gasteiger partial charge in [-0.05, 0) is 24.3 Å². The number of aromatic nitrogens is 2. The Bertz CT molecular complexity index is 824. The largest absolute Gasteiger partial charge is 0.477 e. The van der Waals surface area contributed by atoms with Crippen LogP contribution in [0.4, 0.5) is 0 Å². The van der Waals surface area contributed by atoms with E-state index in [0.717, 1.165) is 0 Å². The highest BCUT2D eigenvalue weighted by Crippen LogP contribution is 2.07. The Hall–Kier alpha value is -2.92. The first-order valence-electron chi connectivity index (χ1n) is 10.5. The van der Waals surface area contributed by atoms with Crippen molar-refractivity contribution in [2.75, 3.05) is 52.6 Å². The summed E-state index contributed by atoms with van der Waals surface area (Å²) in [4.78, 5) is 34.9. The molecule has 2 aromatic rings. The van der Waals surface area contributed by atoms with Crippen LogP contribution >= 0.6 is 0 Å². The maximum absolute atomic E-state index is 11.1. The highest BCUT2D eigenvalue weighted by Gasteiger charge is 2.13. The van der Waals surface area contributed by atoms with Crippen molar-refractivity contribution in [2.24, 2.45) is 0 Å². The zero-order valence-corrected chi connectivity index (χ0v) is 17.9. The van der Waals surface area contributed by atoms with Gasteiger partial charge in [-0.25, -0.2) is 19.6 Å². The van der Waals surface area contributed by atoms with Gasteiger partial charge in [0.2, 0.25) is 0 Å². The zero-order chi connectivity index (χ0) is 22.8. The van der Waals surface area contributed by atoms with Gasteiger partial charge in [0, 0.05) is 39.3 Å². The van der Waals surface area contributed by atoms with Crippen LogP contribution in [0.15, 0.2) is 36.4 Å². The van der Waals surface area contributed by atoms with Crippen LogP contribution in [-0.4, -0.2) is 94.5 Å². The second-order valence-electron chi connectivity index (χ2n) is 7.42. The van der Waals surface area contributed by atoms with E-state index >= 15 is 0 Å². The molecule has 3 rings (SSSR count). The van der Waals surface area contributed by atoms with Gasteiger partial charge in [0.25, 0.3) is 0 Å². The summed E-state index contributed by atoms with van der Waals surface area (Å²) in [7, 11) is 0. The van der Waals surface area contributed by atoms with Crippen LogP contribution in [0.2, 0.25) is 0 Å². The first kappa shape index (κ1) is 23.7. The molecule has 10 nitrogen and oxygen atoms in total. The lowest BCUT2D eigenvalue weighted by Gasteiger charge is -2.26. The molecule has 10 heteroatoms. The summed E-state index contributed by atoms with van der Waals surface area (Å²) in [6.45, 7) is 5.83. The number of aromatic carboxylic acids is 2. The summed E-state index contributed by atoms with van der Waals surface area (Å²) < 4.78 is 11.6. The van der Waals surface area contributed by atoms with Gasteiger partial charge in [0.05, 0.1) is 37.8 Å². The highest BCUT2D eigenvalue weighted by molar-refractivity contribution is 5.85. The Morgan fingerprint density at radius 2 is 1.09 bits per heavy atom. The lowest BCUT2D eigenvalue weighted by Crippen LogP contribution is -2.35. The van der Waals surface area contributed by atoms with Crippen molar-refractivity contribution < 1.29 is 29.3 Å². The quantitative estimate of drug-likeness (QED) is 0.672. The lowest BCUT2D eigenvalue weighted by atomic mass is 10.2. The summed E-state index contributed by atoms with van der Waals surface area (Å²) >= 11 is 0. The molecule has 0 bridgehead atoms. The van der Waals surface area contributed by atoms with Gasteiger partial charge >= 0.3 is 11.9 Å². The SMILES string of the molecule is O=C(O)c1cccc(CN2CCOCCN(Cc3cccc(C(=O)O)n3)CCOCC2)n1. The monoisotopic (exact) mass is 444 g/mol. The normalized spacial score (nSPS) is 17.2. The standard InChI is InChI=1S/C22H28N4O6/c27-21(28)19-5-1-3-17(23-19)15-25-7-11-31-13-9-26(10-14-32-12-8-25)16-18-4-2-6-20(24-18)22(29)30/h1-6H,7-16H2,(H,27,28)(H,29,30). The van der Waals surface area contributed by atoms with Gasteiger partial charge in [-0.2, -0.15) is 0 Å². The minimum Gasteiger partial charge on any atom is -0.477 e. The van der Waals surface area contributed by atoms with Crippen LogP contribution in [0.5, 0.6) is 0 Å². The lowest BCUT2D eigenvalue weighted by molar-refractivity contribution is 0.0336. The molecule has 1 saturated heterocycles. The number of hydrogen-bond acceptors (Lipinski definition) is 8. The van der Waals surface area contributed by atoms with Crippen LogP contribution < -0.4 is 0 Å². The molecule has 0 spiro atoms. The molecular weight excluding hydrogens is 416 g/mol. The number of hydrogen-bond donors (Lipinski definition) is 2. The Morgan fingerprint density at radius 3 is 1.44 bits per heavy atom. The Balaban J connectivity index is 1.51. The van der Waals surface area contributed by atoms with Crippen LogP contribution in [-0.2, 0) is 22.6 Å². The predicted octanol–water partition coefficient (Wildman–Crippen LogP) is 1.22. The second kappa shape index (κ2) is 12.2. The molecule has 0 atom stereocenters.